The molecule has 0 aromatic rings. The summed E-state index contributed by atoms with van der Waals surface area (Å²) in [6, 6.07) is 1.06. The second-order valence-corrected chi connectivity index (χ2v) is 6.32. The van der Waals surface area contributed by atoms with Crippen LogP contribution in [0, 0.1) is 11.3 Å². The molecule has 2 heteroatoms. The zero-order chi connectivity index (χ0) is 11.6. The first kappa shape index (κ1) is 13.0. The first-order valence-electron chi connectivity index (χ1n) is 6.28. The lowest BCUT2D eigenvalue weighted by atomic mass is 9.85. The van der Waals surface area contributed by atoms with E-state index in [1.54, 1.807) is 0 Å². The Labute approximate surface area is 95.2 Å². The van der Waals surface area contributed by atoms with Gasteiger partial charge in [-0.2, -0.15) is 0 Å². The standard InChI is InChI=1S/C13H28N2/c1-10(11-6-7-11)15(5)9-8-12(14)13(2,3)4/h10-12H,6-9,14H2,1-5H3. The van der Waals surface area contributed by atoms with Gasteiger partial charge in [-0.05, 0) is 51.1 Å². The fraction of sp³-hybridized carbons (Fsp3) is 1.00. The van der Waals surface area contributed by atoms with Gasteiger partial charge in [-0.15, -0.1) is 0 Å². The first-order chi connectivity index (χ1) is 6.82. The molecule has 0 aromatic carbocycles. The molecule has 2 nitrogen and oxygen atoms in total. The lowest BCUT2D eigenvalue weighted by molar-refractivity contribution is 0.203. The van der Waals surface area contributed by atoms with Gasteiger partial charge >= 0.3 is 0 Å². The molecule has 0 saturated heterocycles. The molecule has 0 aromatic heterocycles. The van der Waals surface area contributed by atoms with Crippen LogP contribution in [0.25, 0.3) is 0 Å². The number of rotatable bonds is 5. The lowest BCUT2D eigenvalue weighted by Crippen LogP contribution is -2.40. The summed E-state index contributed by atoms with van der Waals surface area (Å²) >= 11 is 0. The fourth-order valence-corrected chi connectivity index (χ4v) is 1.92. The van der Waals surface area contributed by atoms with E-state index in [-0.39, 0.29) is 5.41 Å². The zero-order valence-electron chi connectivity index (χ0n) is 11.1. The van der Waals surface area contributed by atoms with Gasteiger partial charge in [0.2, 0.25) is 0 Å². The zero-order valence-corrected chi connectivity index (χ0v) is 11.1. The van der Waals surface area contributed by atoms with E-state index < -0.39 is 0 Å². The van der Waals surface area contributed by atoms with Crippen LogP contribution in [-0.2, 0) is 0 Å². The van der Waals surface area contributed by atoms with Crippen molar-refractivity contribution in [3.8, 4) is 0 Å². The quantitative estimate of drug-likeness (QED) is 0.758. The molecule has 0 bridgehead atoms. The molecule has 15 heavy (non-hydrogen) atoms. The molecule has 0 aliphatic heterocycles. The summed E-state index contributed by atoms with van der Waals surface area (Å²) in [4.78, 5) is 2.48. The Morgan fingerprint density at radius 2 is 1.87 bits per heavy atom. The van der Waals surface area contributed by atoms with Gasteiger partial charge in [0.15, 0.2) is 0 Å². The topological polar surface area (TPSA) is 29.3 Å². The molecular weight excluding hydrogens is 184 g/mol. The Bertz CT molecular complexity index is 191. The van der Waals surface area contributed by atoms with Crippen molar-refractivity contribution in [3.05, 3.63) is 0 Å². The minimum absolute atomic E-state index is 0.240. The van der Waals surface area contributed by atoms with E-state index in [0.29, 0.717) is 6.04 Å². The summed E-state index contributed by atoms with van der Waals surface area (Å²) in [6.07, 6.45) is 3.96. The molecule has 1 saturated carbocycles. The summed E-state index contributed by atoms with van der Waals surface area (Å²) in [7, 11) is 2.23. The third-order valence-electron chi connectivity index (χ3n) is 3.90. The highest BCUT2D eigenvalue weighted by molar-refractivity contribution is 4.85. The molecule has 0 amide bonds. The van der Waals surface area contributed by atoms with Crippen LogP contribution >= 0.6 is 0 Å². The van der Waals surface area contributed by atoms with Crippen LogP contribution in [0.1, 0.15) is 47.0 Å². The largest absolute Gasteiger partial charge is 0.327 e. The molecule has 2 N–H and O–H groups in total. The molecule has 1 aliphatic rings. The molecule has 0 heterocycles. The van der Waals surface area contributed by atoms with Crippen molar-refractivity contribution >= 4 is 0 Å². The van der Waals surface area contributed by atoms with Crippen molar-refractivity contribution in [2.24, 2.45) is 17.1 Å². The highest BCUT2D eigenvalue weighted by Crippen LogP contribution is 2.34. The van der Waals surface area contributed by atoms with E-state index in [1.165, 1.54) is 12.8 Å². The van der Waals surface area contributed by atoms with Crippen LogP contribution in [0.5, 0.6) is 0 Å². The Kier molecular flexibility index (Phi) is 4.19. The number of nitrogens with two attached hydrogens (primary N) is 1. The van der Waals surface area contributed by atoms with E-state index >= 15 is 0 Å². The van der Waals surface area contributed by atoms with Crippen molar-refractivity contribution in [1.29, 1.82) is 0 Å². The highest BCUT2D eigenvalue weighted by Gasteiger charge is 2.30. The second-order valence-electron chi connectivity index (χ2n) is 6.32. The van der Waals surface area contributed by atoms with Crippen LogP contribution in [0.3, 0.4) is 0 Å². The Hall–Kier alpha value is -0.0800. The summed E-state index contributed by atoms with van der Waals surface area (Å²) in [5, 5.41) is 0. The summed E-state index contributed by atoms with van der Waals surface area (Å²) in [5.74, 6) is 0.959. The average molecular weight is 212 g/mol. The van der Waals surface area contributed by atoms with Crippen molar-refractivity contribution < 1.29 is 0 Å². The van der Waals surface area contributed by atoms with Gasteiger partial charge in [-0.25, -0.2) is 0 Å². The minimum Gasteiger partial charge on any atom is -0.327 e. The molecule has 90 valence electrons. The number of hydrogen-bond donors (Lipinski definition) is 1. The molecule has 1 fully saturated rings. The van der Waals surface area contributed by atoms with Gasteiger partial charge in [0.1, 0.15) is 0 Å². The fourth-order valence-electron chi connectivity index (χ4n) is 1.92. The summed E-state index contributed by atoms with van der Waals surface area (Å²) < 4.78 is 0. The predicted octanol–water partition coefficient (Wildman–Crippen LogP) is 2.48. The van der Waals surface area contributed by atoms with Gasteiger partial charge < -0.3 is 10.6 Å². The smallest absolute Gasteiger partial charge is 0.00998 e. The maximum atomic E-state index is 6.16. The maximum Gasteiger partial charge on any atom is 0.00998 e. The molecule has 1 rings (SSSR count). The Balaban J connectivity index is 2.23. The lowest BCUT2D eigenvalue weighted by Gasteiger charge is -2.31. The van der Waals surface area contributed by atoms with E-state index in [9.17, 15) is 0 Å². The second kappa shape index (κ2) is 4.84. The minimum atomic E-state index is 0.240. The van der Waals surface area contributed by atoms with Gasteiger partial charge in [0, 0.05) is 12.1 Å². The molecule has 1 aliphatic carbocycles. The normalized spacial score (nSPS) is 21.8. The van der Waals surface area contributed by atoms with E-state index in [2.05, 4.69) is 39.6 Å². The van der Waals surface area contributed by atoms with Crippen molar-refractivity contribution in [3.63, 3.8) is 0 Å². The van der Waals surface area contributed by atoms with Crippen LogP contribution < -0.4 is 5.73 Å². The summed E-state index contributed by atoms with van der Waals surface area (Å²) in [6.45, 7) is 10.2. The van der Waals surface area contributed by atoms with Crippen molar-refractivity contribution in [1.82, 2.24) is 4.90 Å². The van der Waals surface area contributed by atoms with E-state index in [1.807, 2.05) is 0 Å². The maximum absolute atomic E-state index is 6.16. The number of nitrogens with zero attached hydrogens (tertiary/aromatic N) is 1. The van der Waals surface area contributed by atoms with E-state index in [0.717, 1.165) is 24.9 Å². The average Bonchev–Trinajstić information content (AvgIpc) is 2.93. The molecule has 2 unspecified atom stereocenters. The van der Waals surface area contributed by atoms with Crippen LogP contribution in [0.2, 0.25) is 0 Å². The SMILES string of the molecule is CC(C1CC1)N(C)CCC(N)C(C)(C)C. The molecule has 2 atom stereocenters. The van der Waals surface area contributed by atoms with Gasteiger partial charge in [0.25, 0.3) is 0 Å². The van der Waals surface area contributed by atoms with Gasteiger partial charge in [-0.1, -0.05) is 20.8 Å². The Morgan fingerprint density at radius 1 is 1.33 bits per heavy atom. The molecular formula is C13H28N2. The van der Waals surface area contributed by atoms with Gasteiger partial charge in [0.05, 0.1) is 0 Å². The van der Waals surface area contributed by atoms with Crippen molar-refractivity contribution in [2.45, 2.75) is 59.0 Å². The monoisotopic (exact) mass is 212 g/mol. The first-order valence-corrected chi connectivity index (χ1v) is 6.28. The predicted molar refractivity (Wildman–Crippen MR) is 66.9 cm³/mol. The van der Waals surface area contributed by atoms with Crippen LogP contribution in [0.4, 0.5) is 0 Å². The van der Waals surface area contributed by atoms with Gasteiger partial charge in [-0.3, -0.25) is 0 Å². The van der Waals surface area contributed by atoms with Crippen LogP contribution in [-0.4, -0.2) is 30.6 Å². The van der Waals surface area contributed by atoms with E-state index in [4.69, 9.17) is 5.73 Å². The molecule has 0 radical (unpaired) electrons. The third kappa shape index (κ3) is 4.12. The third-order valence-corrected chi connectivity index (χ3v) is 3.90. The van der Waals surface area contributed by atoms with Crippen molar-refractivity contribution in [2.75, 3.05) is 13.6 Å². The molecule has 0 spiro atoms. The highest BCUT2D eigenvalue weighted by atomic mass is 15.1. The number of hydrogen-bond acceptors (Lipinski definition) is 2. The summed E-state index contributed by atoms with van der Waals surface area (Å²) in [5.41, 5.74) is 6.40. The Morgan fingerprint density at radius 3 is 2.27 bits per heavy atom. The van der Waals surface area contributed by atoms with Crippen LogP contribution in [0.15, 0.2) is 0 Å².